The SMILES string of the molecule is O=C1CC(c2cccs2)Cc2c1cnc1[nH]n(-c3ccccc3)c(=O)c21. The summed E-state index contributed by atoms with van der Waals surface area (Å²) < 4.78 is 1.50. The van der Waals surface area contributed by atoms with E-state index in [-0.39, 0.29) is 17.3 Å². The van der Waals surface area contributed by atoms with Crippen LogP contribution < -0.4 is 5.56 Å². The fourth-order valence-electron chi connectivity index (χ4n) is 3.72. The van der Waals surface area contributed by atoms with Crippen molar-refractivity contribution in [1.82, 2.24) is 14.8 Å². The number of hydrogen-bond acceptors (Lipinski definition) is 4. The molecule has 128 valence electrons. The summed E-state index contributed by atoms with van der Waals surface area (Å²) in [6, 6.07) is 13.5. The number of thiophene rings is 1. The number of rotatable bonds is 2. The molecule has 0 saturated heterocycles. The minimum atomic E-state index is -0.157. The highest BCUT2D eigenvalue weighted by molar-refractivity contribution is 7.10. The topological polar surface area (TPSA) is 67.8 Å². The van der Waals surface area contributed by atoms with Gasteiger partial charge in [-0.05, 0) is 35.6 Å². The first kappa shape index (κ1) is 15.3. The summed E-state index contributed by atoms with van der Waals surface area (Å²) in [4.78, 5) is 31.3. The third kappa shape index (κ3) is 2.26. The molecule has 1 aromatic carbocycles. The molecule has 3 aromatic heterocycles. The molecule has 0 saturated carbocycles. The van der Waals surface area contributed by atoms with Gasteiger partial charge in [-0.25, -0.2) is 9.67 Å². The van der Waals surface area contributed by atoms with E-state index in [1.807, 2.05) is 41.8 Å². The molecule has 5 rings (SSSR count). The smallest absolute Gasteiger partial charge is 0.281 e. The van der Waals surface area contributed by atoms with Crippen LogP contribution in [0.15, 0.2) is 58.8 Å². The molecule has 6 heteroatoms. The van der Waals surface area contributed by atoms with Crippen molar-refractivity contribution in [3.05, 3.63) is 80.4 Å². The summed E-state index contributed by atoms with van der Waals surface area (Å²) in [6.07, 6.45) is 2.76. The van der Waals surface area contributed by atoms with Crippen LogP contribution in [0, 0.1) is 0 Å². The predicted octanol–water partition coefficient (Wildman–Crippen LogP) is 3.69. The van der Waals surface area contributed by atoms with Crippen LogP contribution in [0.25, 0.3) is 16.7 Å². The molecule has 3 heterocycles. The van der Waals surface area contributed by atoms with Gasteiger partial charge in [0, 0.05) is 29.0 Å². The van der Waals surface area contributed by atoms with Crippen LogP contribution in [0.5, 0.6) is 0 Å². The molecular weight excluding hydrogens is 346 g/mol. The number of nitrogens with one attached hydrogen (secondary N) is 1. The summed E-state index contributed by atoms with van der Waals surface area (Å²) >= 11 is 1.66. The van der Waals surface area contributed by atoms with E-state index < -0.39 is 0 Å². The van der Waals surface area contributed by atoms with Gasteiger partial charge in [-0.3, -0.25) is 14.7 Å². The number of aromatic nitrogens is 3. The summed E-state index contributed by atoms with van der Waals surface area (Å²) in [5.74, 6) is 0.186. The molecule has 1 atom stereocenters. The van der Waals surface area contributed by atoms with Gasteiger partial charge in [0.15, 0.2) is 11.4 Å². The average Bonchev–Trinajstić information content (AvgIpc) is 3.31. The number of fused-ring (bicyclic) bond motifs is 3. The standard InChI is InChI=1S/C20H15N3O2S/c24-16-10-12(17-7-4-8-26-17)9-14-15(16)11-21-19-18(14)20(25)23(22-19)13-5-2-1-3-6-13/h1-8,11-12H,9-10H2,(H,21,22). The number of aromatic amines is 1. The van der Waals surface area contributed by atoms with E-state index in [2.05, 4.69) is 16.1 Å². The van der Waals surface area contributed by atoms with E-state index in [4.69, 9.17) is 0 Å². The Kier molecular flexibility index (Phi) is 3.39. The number of carbonyl (C=O) groups is 1. The molecular formula is C20H15N3O2S. The summed E-state index contributed by atoms with van der Waals surface area (Å²) in [6.45, 7) is 0. The first-order valence-corrected chi connectivity index (χ1v) is 9.35. The Labute approximate surface area is 152 Å². The van der Waals surface area contributed by atoms with Crippen molar-refractivity contribution in [2.45, 2.75) is 18.8 Å². The van der Waals surface area contributed by atoms with Crippen molar-refractivity contribution in [3.8, 4) is 5.69 Å². The van der Waals surface area contributed by atoms with Gasteiger partial charge in [0.25, 0.3) is 5.56 Å². The first-order chi connectivity index (χ1) is 12.7. The minimum Gasteiger partial charge on any atom is -0.294 e. The fourth-order valence-corrected chi connectivity index (χ4v) is 4.55. The van der Waals surface area contributed by atoms with E-state index in [1.165, 1.54) is 9.56 Å². The molecule has 0 amide bonds. The Hall–Kier alpha value is -2.99. The molecule has 26 heavy (non-hydrogen) atoms. The van der Waals surface area contributed by atoms with Crippen LogP contribution >= 0.6 is 11.3 Å². The molecule has 1 aliphatic carbocycles. The van der Waals surface area contributed by atoms with Gasteiger partial charge >= 0.3 is 0 Å². The molecule has 4 aromatic rings. The van der Waals surface area contributed by atoms with Crippen LogP contribution in [0.2, 0.25) is 0 Å². The number of carbonyl (C=O) groups excluding carboxylic acids is 1. The van der Waals surface area contributed by atoms with Crippen LogP contribution in [0.4, 0.5) is 0 Å². The maximum Gasteiger partial charge on any atom is 0.281 e. The van der Waals surface area contributed by atoms with Gasteiger partial charge in [0.2, 0.25) is 0 Å². The second kappa shape index (κ2) is 5.78. The van der Waals surface area contributed by atoms with Crippen molar-refractivity contribution in [1.29, 1.82) is 0 Å². The van der Waals surface area contributed by atoms with Crippen LogP contribution in [0.1, 0.15) is 33.1 Å². The van der Waals surface area contributed by atoms with Crippen molar-refractivity contribution in [2.75, 3.05) is 0 Å². The van der Waals surface area contributed by atoms with Gasteiger partial charge in [0.05, 0.1) is 11.1 Å². The second-order valence-electron chi connectivity index (χ2n) is 6.51. The largest absolute Gasteiger partial charge is 0.294 e. The number of hydrogen-bond donors (Lipinski definition) is 1. The highest BCUT2D eigenvalue weighted by Crippen LogP contribution is 2.36. The minimum absolute atomic E-state index is 0.0610. The Morgan fingerprint density at radius 1 is 1.08 bits per heavy atom. The number of para-hydroxylation sites is 1. The van der Waals surface area contributed by atoms with Gasteiger partial charge in [-0.2, -0.15) is 0 Å². The molecule has 1 N–H and O–H groups in total. The number of nitrogens with zero attached hydrogens (tertiary/aromatic N) is 2. The van der Waals surface area contributed by atoms with Crippen LogP contribution in [-0.4, -0.2) is 20.5 Å². The van der Waals surface area contributed by atoms with E-state index in [9.17, 15) is 9.59 Å². The predicted molar refractivity (Wildman–Crippen MR) is 101 cm³/mol. The van der Waals surface area contributed by atoms with Crippen molar-refractivity contribution in [2.24, 2.45) is 0 Å². The molecule has 0 radical (unpaired) electrons. The number of pyridine rings is 1. The summed E-state index contributed by atoms with van der Waals surface area (Å²) in [5.41, 5.74) is 2.52. The summed E-state index contributed by atoms with van der Waals surface area (Å²) in [5, 5.41) is 5.63. The lowest BCUT2D eigenvalue weighted by Crippen LogP contribution is -2.21. The van der Waals surface area contributed by atoms with E-state index in [0.29, 0.717) is 29.4 Å². The Balaban J connectivity index is 1.72. The summed E-state index contributed by atoms with van der Waals surface area (Å²) in [7, 11) is 0. The normalized spacial score (nSPS) is 16.8. The van der Waals surface area contributed by atoms with Gasteiger partial charge < -0.3 is 0 Å². The molecule has 5 nitrogen and oxygen atoms in total. The van der Waals surface area contributed by atoms with Crippen molar-refractivity contribution < 1.29 is 4.79 Å². The monoisotopic (exact) mass is 361 g/mol. The third-order valence-corrected chi connectivity index (χ3v) is 6.00. The second-order valence-corrected chi connectivity index (χ2v) is 7.48. The zero-order valence-corrected chi connectivity index (χ0v) is 14.6. The molecule has 0 bridgehead atoms. The Morgan fingerprint density at radius 3 is 2.69 bits per heavy atom. The zero-order valence-electron chi connectivity index (χ0n) is 13.8. The Morgan fingerprint density at radius 2 is 1.92 bits per heavy atom. The molecule has 0 aliphatic heterocycles. The molecule has 1 aliphatic rings. The van der Waals surface area contributed by atoms with E-state index in [0.717, 1.165) is 11.3 Å². The lowest BCUT2D eigenvalue weighted by atomic mass is 9.82. The number of benzene rings is 1. The molecule has 0 fully saturated rings. The molecule has 0 spiro atoms. The maximum absolute atomic E-state index is 13.1. The zero-order chi connectivity index (χ0) is 17.7. The number of Topliss-reactive ketones (excluding diaryl/α,β-unsaturated/α-hetero) is 1. The number of ketones is 1. The van der Waals surface area contributed by atoms with Crippen molar-refractivity contribution >= 4 is 28.2 Å². The quantitative estimate of drug-likeness (QED) is 0.592. The number of H-pyrrole nitrogens is 1. The maximum atomic E-state index is 13.1. The van der Waals surface area contributed by atoms with Crippen LogP contribution in [0.3, 0.4) is 0 Å². The van der Waals surface area contributed by atoms with Gasteiger partial charge in [-0.15, -0.1) is 11.3 Å². The first-order valence-electron chi connectivity index (χ1n) is 8.47. The highest BCUT2D eigenvalue weighted by Gasteiger charge is 2.30. The van der Waals surface area contributed by atoms with E-state index >= 15 is 0 Å². The lowest BCUT2D eigenvalue weighted by Gasteiger charge is -2.22. The van der Waals surface area contributed by atoms with Gasteiger partial charge in [-0.1, -0.05) is 24.3 Å². The lowest BCUT2D eigenvalue weighted by molar-refractivity contribution is 0.0965. The van der Waals surface area contributed by atoms with Crippen LogP contribution in [-0.2, 0) is 6.42 Å². The highest BCUT2D eigenvalue weighted by atomic mass is 32.1. The van der Waals surface area contributed by atoms with E-state index in [1.54, 1.807) is 17.5 Å². The third-order valence-electron chi connectivity index (χ3n) is 4.96. The van der Waals surface area contributed by atoms with Crippen molar-refractivity contribution in [3.63, 3.8) is 0 Å². The Bertz CT molecular complexity index is 1170. The average molecular weight is 361 g/mol. The van der Waals surface area contributed by atoms with Gasteiger partial charge in [0.1, 0.15) is 0 Å². The molecule has 1 unspecified atom stereocenters. The fraction of sp³-hybridized carbons (Fsp3) is 0.150.